The Balaban J connectivity index is 1.71. The number of carbonyl (C=O) groups excluding carboxylic acids is 1. The number of aryl methyl sites for hydroxylation is 1. The Morgan fingerprint density at radius 2 is 1.79 bits per heavy atom. The van der Waals surface area contributed by atoms with Crippen molar-refractivity contribution in [2.75, 3.05) is 44.1 Å². The number of aromatic nitrogens is 1. The fourth-order valence-electron chi connectivity index (χ4n) is 2.79. The van der Waals surface area contributed by atoms with Gasteiger partial charge >= 0.3 is 0 Å². The average molecular weight is 446 g/mol. The second-order valence-corrected chi connectivity index (χ2v) is 10.1. The van der Waals surface area contributed by atoms with E-state index in [-0.39, 0.29) is 5.91 Å². The molecule has 29 heavy (non-hydrogen) atoms. The minimum atomic E-state index is 0.135. The summed E-state index contributed by atoms with van der Waals surface area (Å²) < 4.78 is 1.13. The summed E-state index contributed by atoms with van der Waals surface area (Å²) in [6, 6.07) is 14.7. The normalized spacial score (nSPS) is 11.3. The van der Waals surface area contributed by atoms with Crippen molar-refractivity contribution in [3.05, 3.63) is 48.0 Å². The molecule has 154 valence electrons. The lowest BCUT2D eigenvalue weighted by Gasteiger charge is -2.22. The first-order valence-corrected chi connectivity index (χ1v) is 12.6. The van der Waals surface area contributed by atoms with Crippen molar-refractivity contribution in [2.45, 2.75) is 23.1 Å². The van der Waals surface area contributed by atoms with Crippen LogP contribution in [0.5, 0.6) is 0 Å². The van der Waals surface area contributed by atoms with Crippen LogP contribution in [-0.4, -0.2) is 55.0 Å². The zero-order chi connectivity index (χ0) is 20.8. The topological polar surface area (TPSA) is 36.4 Å². The zero-order valence-corrected chi connectivity index (χ0v) is 19.8. The predicted molar refractivity (Wildman–Crippen MR) is 129 cm³/mol. The molecule has 0 aliphatic carbocycles. The Hall–Kier alpha value is -1.54. The maximum absolute atomic E-state index is 13.1. The summed E-state index contributed by atoms with van der Waals surface area (Å²) >= 11 is 5.05. The summed E-state index contributed by atoms with van der Waals surface area (Å²) in [7, 11) is 4.05. The molecule has 1 amide bonds. The predicted octanol–water partition coefficient (Wildman–Crippen LogP) is 5.40. The number of amides is 1. The minimum absolute atomic E-state index is 0.135. The van der Waals surface area contributed by atoms with Crippen LogP contribution in [0, 0.1) is 6.92 Å². The molecule has 0 aliphatic heterocycles. The number of hydrogen-bond acceptors (Lipinski definition) is 6. The van der Waals surface area contributed by atoms with E-state index in [1.165, 1.54) is 15.4 Å². The summed E-state index contributed by atoms with van der Waals surface area (Å²) in [5.74, 6) is 0.901. The van der Waals surface area contributed by atoms with Gasteiger partial charge in [-0.25, -0.2) is 4.98 Å². The van der Waals surface area contributed by atoms with E-state index in [1.807, 2.05) is 25.1 Å². The van der Waals surface area contributed by atoms with Gasteiger partial charge in [-0.1, -0.05) is 29.0 Å². The number of benzene rings is 2. The van der Waals surface area contributed by atoms with E-state index in [1.54, 1.807) is 34.9 Å². The van der Waals surface area contributed by atoms with Crippen molar-refractivity contribution >= 4 is 56.1 Å². The van der Waals surface area contributed by atoms with Crippen LogP contribution in [0.4, 0.5) is 5.13 Å². The van der Waals surface area contributed by atoms with Crippen molar-refractivity contribution in [1.82, 2.24) is 9.88 Å². The second-order valence-electron chi connectivity index (χ2n) is 7.09. The number of thiazole rings is 1. The molecule has 0 bridgehead atoms. The van der Waals surface area contributed by atoms with E-state index in [2.05, 4.69) is 54.5 Å². The molecule has 0 N–H and O–H groups in total. The SMILES string of the molecule is CSc1ccc2nc(N(CCN(C)C)C(=O)CCSc3ccc(C)cc3)sc2c1. The Bertz CT molecular complexity index is 954. The lowest BCUT2D eigenvalue weighted by atomic mass is 10.2. The van der Waals surface area contributed by atoms with Gasteiger partial charge in [0.2, 0.25) is 5.91 Å². The standard InChI is InChI=1S/C22H27N3OS3/c1-16-5-7-17(8-6-16)28-14-11-21(26)25(13-12-24(2)3)22-23-19-10-9-18(27-4)15-20(19)29-22/h5-10,15H,11-14H2,1-4H3. The third kappa shape index (κ3) is 6.22. The molecule has 3 rings (SSSR count). The maximum Gasteiger partial charge on any atom is 0.229 e. The Labute approximate surface area is 185 Å². The van der Waals surface area contributed by atoms with E-state index in [0.717, 1.165) is 27.6 Å². The van der Waals surface area contributed by atoms with Crippen LogP contribution in [0.25, 0.3) is 10.2 Å². The molecule has 0 spiro atoms. The molecular weight excluding hydrogens is 418 g/mol. The fourth-order valence-corrected chi connectivity index (χ4v) is 5.19. The molecule has 0 saturated carbocycles. The Kier molecular flexibility index (Phi) is 8.00. The van der Waals surface area contributed by atoms with E-state index in [4.69, 9.17) is 4.98 Å². The summed E-state index contributed by atoms with van der Waals surface area (Å²) in [5.41, 5.74) is 2.21. The number of nitrogens with zero attached hydrogens (tertiary/aromatic N) is 3. The lowest BCUT2D eigenvalue weighted by Crippen LogP contribution is -2.36. The molecule has 1 aromatic heterocycles. The van der Waals surface area contributed by atoms with Crippen LogP contribution in [0.3, 0.4) is 0 Å². The van der Waals surface area contributed by atoms with Gasteiger partial charge in [-0.05, 0) is 57.6 Å². The number of thioether (sulfide) groups is 2. The molecule has 4 nitrogen and oxygen atoms in total. The van der Waals surface area contributed by atoms with Gasteiger partial charge in [0.15, 0.2) is 5.13 Å². The van der Waals surface area contributed by atoms with Crippen molar-refractivity contribution < 1.29 is 4.79 Å². The average Bonchev–Trinajstić information content (AvgIpc) is 3.12. The van der Waals surface area contributed by atoms with Crippen LogP contribution in [0.1, 0.15) is 12.0 Å². The zero-order valence-electron chi connectivity index (χ0n) is 17.3. The van der Waals surface area contributed by atoms with E-state index in [0.29, 0.717) is 13.0 Å². The molecule has 0 fully saturated rings. The lowest BCUT2D eigenvalue weighted by molar-refractivity contribution is -0.118. The number of rotatable bonds is 9. The highest BCUT2D eigenvalue weighted by Crippen LogP contribution is 2.32. The first-order valence-electron chi connectivity index (χ1n) is 9.55. The second kappa shape index (κ2) is 10.5. The Morgan fingerprint density at radius 3 is 2.48 bits per heavy atom. The first-order chi connectivity index (χ1) is 14.0. The highest BCUT2D eigenvalue weighted by molar-refractivity contribution is 7.99. The first kappa shape index (κ1) is 22.2. The Morgan fingerprint density at radius 1 is 1.07 bits per heavy atom. The highest BCUT2D eigenvalue weighted by atomic mass is 32.2. The number of fused-ring (bicyclic) bond motifs is 1. The smallest absolute Gasteiger partial charge is 0.229 e. The molecular formula is C22H27N3OS3. The number of likely N-dealkylation sites (N-methyl/N-ethyl adjacent to an activating group) is 1. The van der Waals surface area contributed by atoms with E-state index < -0.39 is 0 Å². The minimum Gasteiger partial charge on any atom is -0.308 e. The third-order valence-corrected chi connectivity index (χ3v) is 7.27. The summed E-state index contributed by atoms with van der Waals surface area (Å²) in [6.07, 6.45) is 2.57. The number of hydrogen-bond donors (Lipinski definition) is 0. The molecule has 0 saturated heterocycles. The molecule has 3 aromatic rings. The van der Waals surface area contributed by atoms with Gasteiger partial charge < -0.3 is 4.90 Å². The van der Waals surface area contributed by atoms with Gasteiger partial charge in [-0.3, -0.25) is 9.69 Å². The monoisotopic (exact) mass is 445 g/mol. The molecule has 0 atom stereocenters. The van der Waals surface area contributed by atoms with Crippen LogP contribution < -0.4 is 4.90 Å². The van der Waals surface area contributed by atoms with Gasteiger partial charge in [0.05, 0.1) is 10.2 Å². The summed E-state index contributed by atoms with van der Waals surface area (Å²) in [5, 5.41) is 0.797. The van der Waals surface area contributed by atoms with Gasteiger partial charge in [0.1, 0.15) is 0 Å². The fraction of sp³-hybridized carbons (Fsp3) is 0.364. The molecule has 2 aromatic carbocycles. The van der Waals surface area contributed by atoms with Crippen LogP contribution >= 0.6 is 34.9 Å². The summed E-state index contributed by atoms with van der Waals surface area (Å²) in [6.45, 7) is 3.54. The molecule has 0 radical (unpaired) electrons. The van der Waals surface area contributed by atoms with Gasteiger partial charge in [-0.2, -0.15) is 0 Å². The third-order valence-electron chi connectivity index (χ3n) is 4.49. The van der Waals surface area contributed by atoms with Gasteiger partial charge in [-0.15, -0.1) is 23.5 Å². The molecule has 7 heteroatoms. The quantitative estimate of drug-likeness (QED) is 0.412. The molecule has 1 heterocycles. The number of anilines is 1. The van der Waals surface area contributed by atoms with Gasteiger partial charge in [0, 0.05) is 35.1 Å². The van der Waals surface area contributed by atoms with Crippen LogP contribution in [0.2, 0.25) is 0 Å². The van der Waals surface area contributed by atoms with E-state index >= 15 is 0 Å². The van der Waals surface area contributed by atoms with Gasteiger partial charge in [0.25, 0.3) is 0 Å². The van der Waals surface area contributed by atoms with Crippen LogP contribution in [-0.2, 0) is 4.79 Å². The highest BCUT2D eigenvalue weighted by Gasteiger charge is 2.20. The molecule has 0 aliphatic rings. The summed E-state index contributed by atoms with van der Waals surface area (Å²) in [4.78, 5) is 24.2. The maximum atomic E-state index is 13.1. The van der Waals surface area contributed by atoms with Crippen molar-refractivity contribution in [2.24, 2.45) is 0 Å². The van der Waals surface area contributed by atoms with Crippen molar-refractivity contribution in [1.29, 1.82) is 0 Å². The van der Waals surface area contributed by atoms with Crippen LogP contribution in [0.15, 0.2) is 52.3 Å². The van der Waals surface area contributed by atoms with Crippen molar-refractivity contribution in [3.63, 3.8) is 0 Å². The number of carbonyl (C=O) groups is 1. The molecule has 0 unspecified atom stereocenters. The van der Waals surface area contributed by atoms with Crippen molar-refractivity contribution in [3.8, 4) is 0 Å². The van der Waals surface area contributed by atoms with E-state index in [9.17, 15) is 4.79 Å². The largest absolute Gasteiger partial charge is 0.308 e.